The van der Waals surface area contributed by atoms with Crippen LogP contribution in [0.3, 0.4) is 0 Å². The average molecular weight is 282 g/mol. The second kappa shape index (κ2) is 4.81. The summed E-state index contributed by atoms with van der Waals surface area (Å²) in [5, 5.41) is 14.8. The van der Waals surface area contributed by atoms with Gasteiger partial charge in [-0.25, -0.2) is 8.42 Å². The molecule has 0 fully saturated rings. The van der Waals surface area contributed by atoms with Gasteiger partial charge in [0.1, 0.15) is 12.0 Å². The standard InChI is InChI=1S/C11H10N2O5S/c14-6-8-1-2-10(11(5-8)13(15)16)12-9-3-4-19(17,18)7-9/h1-6,9,12H,7H2. The molecule has 0 radical (unpaired) electrons. The third-order valence-corrected chi connectivity index (χ3v) is 4.02. The van der Waals surface area contributed by atoms with Crippen molar-refractivity contribution >= 4 is 27.5 Å². The Morgan fingerprint density at radius 1 is 1.42 bits per heavy atom. The first-order chi connectivity index (χ1) is 8.91. The van der Waals surface area contributed by atoms with Crippen LogP contribution < -0.4 is 5.32 Å². The maximum Gasteiger partial charge on any atom is 0.293 e. The van der Waals surface area contributed by atoms with Crippen LogP contribution in [0.2, 0.25) is 0 Å². The van der Waals surface area contributed by atoms with Crippen LogP contribution in [-0.4, -0.2) is 31.4 Å². The quantitative estimate of drug-likeness (QED) is 0.504. The molecule has 7 nitrogen and oxygen atoms in total. The van der Waals surface area contributed by atoms with Crippen LogP contribution in [0.1, 0.15) is 10.4 Å². The predicted octanol–water partition coefficient (Wildman–Crippen LogP) is 1.13. The van der Waals surface area contributed by atoms with Crippen LogP contribution >= 0.6 is 0 Å². The highest BCUT2D eigenvalue weighted by atomic mass is 32.2. The van der Waals surface area contributed by atoms with Crippen LogP contribution in [0.25, 0.3) is 0 Å². The third-order valence-electron chi connectivity index (χ3n) is 2.63. The average Bonchev–Trinajstić information content (AvgIpc) is 2.69. The molecule has 0 amide bonds. The molecule has 2 rings (SSSR count). The highest BCUT2D eigenvalue weighted by molar-refractivity contribution is 7.94. The summed E-state index contributed by atoms with van der Waals surface area (Å²) in [4.78, 5) is 20.9. The molecular weight excluding hydrogens is 272 g/mol. The van der Waals surface area contributed by atoms with Crippen molar-refractivity contribution in [2.75, 3.05) is 11.1 Å². The van der Waals surface area contributed by atoms with Crippen molar-refractivity contribution in [2.45, 2.75) is 6.04 Å². The fourth-order valence-corrected chi connectivity index (χ4v) is 3.00. The SMILES string of the molecule is O=Cc1ccc(NC2C=CS(=O)(=O)C2)c([N+](=O)[O-])c1. The minimum Gasteiger partial charge on any atom is -0.372 e. The molecule has 0 bridgehead atoms. The van der Waals surface area contributed by atoms with E-state index in [1.54, 1.807) is 0 Å². The summed E-state index contributed by atoms with van der Waals surface area (Å²) in [6.45, 7) is 0. The summed E-state index contributed by atoms with van der Waals surface area (Å²) in [7, 11) is -3.23. The van der Waals surface area contributed by atoms with Crippen molar-refractivity contribution < 1.29 is 18.1 Å². The Hall–Kier alpha value is -2.22. The minimum absolute atomic E-state index is 0.139. The van der Waals surface area contributed by atoms with Gasteiger partial charge in [-0.05, 0) is 12.1 Å². The van der Waals surface area contributed by atoms with E-state index in [4.69, 9.17) is 0 Å². The molecule has 0 aromatic heterocycles. The second-order valence-electron chi connectivity index (χ2n) is 4.06. The number of anilines is 1. The molecule has 1 atom stereocenters. The molecule has 1 aliphatic heterocycles. The summed E-state index contributed by atoms with van der Waals surface area (Å²) in [6, 6.07) is 3.45. The zero-order valence-corrected chi connectivity index (χ0v) is 10.5. The number of carbonyl (C=O) groups is 1. The lowest BCUT2D eigenvalue weighted by atomic mass is 10.1. The van der Waals surface area contributed by atoms with E-state index in [9.17, 15) is 23.3 Å². The zero-order chi connectivity index (χ0) is 14.0. The molecule has 1 heterocycles. The van der Waals surface area contributed by atoms with Gasteiger partial charge in [-0.3, -0.25) is 14.9 Å². The number of rotatable bonds is 4. The molecule has 8 heteroatoms. The first kappa shape index (κ1) is 13.2. The fraction of sp³-hybridized carbons (Fsp3) is 0.182. The lowest BCUT2D eigenvalue weighted by molar-refractivity contribution is -0.384. The van der Waals surface area contributed by atoms with Gasteiger partial charge in [0.2, 0.25) is 0 Å². The monoisotopic (exact) mass is 282 g/mol. The Labute approximate surface area is 109 Å². The van der Waals surface area contributed by atoms with E-state index in [1.165, 1.54) is 18.2 Å². The van der Waals surface area contributed by atoms with Crippen molar-refractivity contribution in [1.82, 2.24) is 0 Å². The van der Waals surface area contributed by atoms with E-state index in [0.717, 1.165) is 11.5 Å². The number of sulfone groups is 1. The van der Waals surface area contributed by atoms with Gasteiger partial charge in [0.15, 0.2) is 9.84 Å². The normalized spacial score (nSPS) is 20.1. The molecule has 1 aliphatic rings. The van der Waals surface area contributed by atoms with Crippen molar-refractivity contribution in [1.29, 1.82) is 0 Å². The molecule has 19 heavy (non-hydrogen) atoms. The molecule has 1 aromatic rings. The van der Waals surface area contributed by atoms with E-state index >= 15 is 0 Å². The zero-order valence-electron chi connectivity index (χ0n) is 9.65. The maximum absolute atomic E-state index is 11.2. The summed E-state index contributed by atoms with van der Waals surface area (Å²) in [5.74, 6) is -0.139. The van der Waals surface area contributed by atoms with Crippen LogP contribution in [0, 0.1) is 10.1 Å². The molecule has 0 spiro atoms. The largest absolute Gasteiger partial charge is 0.372 e. The fourth-order valence-electron chi connectivity index (χ4n) is 1.76. The molecule has 0 aliphatic carbocycles. The molecule has 0 saturated heterocycles. The van der Waals surface area contributed by atoms with Gasteiger partial charge >= 0.3 is 0 Å². The van der Waals surface area contributed by atoms with E-state index in [2.05, 4.69) is 5.32 Å². The lowest BCUT2D eigenvalue weighted by Gasteiger charge is -2.11. The van der Waals surface area contributed by atoms with Crippen molar-refractivity contribution in [2.24, 2.45) is 0 Å². The lowest BCUT2D eigenvalue weighted by Crippen LogP contribution is -2.21. The van der Waals surface area contributed by atoms with Gasteiger partial charge in [-0.15, -0.1) is 0 Å². The van der Waals surface area contributed by atoms with E-state index in [0.29, 0.717) is 6.29 Å². The van der Waals surface area contributed by atoms with E-state index in [1.807, 2.05) is 0 Å². The van der Waals surface area contributed by atoms with Crippen molar-refractivity contribution in [3.05, 3.63) is 45.4 Å². The van der Waals surface area contributed by atoms with Crippen LogP contribution in [0.4, 0.5) is 11.4 Å². The number of hydrogen-bond acceptors (Lipinski definition) is 6. The highest BCUT2D eigenvalue weighted by Crippen LogP contribution is 2.27. The highest BCUT2D eigenvalue weighted by Gasteiger charge is 2.24. The predicted molar refractivity (Wildman–Crippen MR) is 68.8 cm³/mol. The number of hydrogen-bond donors (Lipinski definition) is 1. The Kier molecular flexibility index (Phi) is 3.34. The van der Waals surface area contributed by atoms with E-state index < -0.39 is 20.8 Å². The van der Waals surface area contributed by atoms with Gasteiger partial charge in [0, 0.05) is 17.0 Å². The molecule has 100 valence electrons. The Morgan fingerprint density at radius 3 is 2.68 bits per heavy atom. The molecular formula is C11H10N2O5S. The Balaban J connectivity index is 2.28. The summed E-state index contributed by atoms with van der Waals surface area (Å²) < 4.78 is 22.5. The number of carbonyl (C=O) groups excluding carboxylic acids is 1. The number of nitrogens with one attached hydrogen (secondary N) is 1. The number of nitrogens with zero attached hydrogens (tertiary/aromatic N) is 1. The molecule has 0 saturated carbocycles. The van der Waals surface area contributed by atoms with Gasteiger partial charge in [-0.2, -0.15) is 0 Å². The van der Waals surface area contributed by atoms with Gasteiger partial charge in [0.25, 0.3) is 5.69 Å². The number of benzene rings is 1. The summed E-state index contributed by atoms with van der Waals surface area (Å²) in [6.07, 6.45) is 1.95. The molecule has 1 N–H and O–H groups in total. The smallest absolute Gasteiger partial charge is 0.293 e. The van der Waals surface area contributed by atoms with Gasteiger partial charge in [0.05, 0.1) is 16.7 Å². The van der Waals surface area contributed by atoms with Gasteiger partial charge < -0.3 is 5.32 Å². The van der Waals surface area contributed by atoms with Crippen LogP contribution in [-0.2, 0) is 9.84 Å². The maximum atomic E-state index is 11.2. The number of nitro benzene ring substituents is 1. The van der Waals surface area contributed by atoms with E-state index in [-0.39, 0.29) is 22.7 Å². The van der Waals surface area contributed by atoms with Crippen molar-refractivity contribution in [3.63, 3.8) is 0 Å². The molecule has 1 aromatic carbocycles. The Bertz CT molecular complexity index is 666. The first-order valence-corrected chi connectivity index (χ1v) is 7.04. The van der Waals surface area contributed by atoms with Gasteiger partial charge in [-0.1, -0.05) is 6.08 Å². The Morgan fingerprint density at radius 2 is 2.16 bits per heavy atom. The minimum atomic E-state index is -3.23. The van der Waals surface area contributed by atoms with Crippen LogP contribution in [0.5, 0.6) is 0 Å². The number of nitro groups is 1. The molecule has 1 unspecified atom stereocenters. The second-order valence-corrected chi connectivity index (χ2v) is 5.99. The first-order valence-electron chi connectivity index (χ1n) is 5.32. The third kappa shape index (κ3) is 2.97. The topological polar surface area (TPSA) is 106 Å². The summed E-state index contributed by atoms with van der Waals surface area (Å²) >= 11 is 0. The summed E-state index contributed by atoms with van der Waals surface area (Å²) in [5.41, 5.74) is 0.108. The van der Waals surface area contributed by atoms with Crippen LogP contribution in [0.15, 0.2) is 29.7 Å². The van der Waals surface area contributed by atoms with Crippen molar-refractivity contribution in [3.8, 4) is 0 Å². The number of aldehydes is 1.